The largest absolute Gasteiger partial charge is 0.504 e. The second-order valence-electron chi connectivity index (χ2n) is 4.49. The van der Waals surface area contributed by atoms with Gasteiger partial charge in [0.25, 0.3) is 0 Å². The number of phenols is 1. The number of aromatic nitrogens is 1. The summed E-state index contributed by atoms with van der Waals surface area (Å²) in [5.74, 6) is 0.225. The van der Waals surface area contributed by atoms with Gasteiger partial charge in [0.2, 0.25) is 5.91 Å². The van der Waals surface area contributed by atoms with Gasteiger partial charge in [0.1, 0.15) is 0 Å². The molecule has 1 aromatic heterocycles. The van der Waals surface area contributed by atoms with E-state index in [-0.39, 0.29) is 18.1 Å². The lowest BCUT2D eigenvalue weighted by Gasteiger charge is -2.05. The van der Waals surface area contributed by atoms with Crippen molar-refractivity contribution in [3.05, 3.63) is 39.8 Å². The quantitative estimate of drug-likeness (QED) is 0.632. The van der Waals surface area contributed by atoms with Crippen LogP contribution in [0.5, 0.6) is 11.5 Å². The van der Waals surface area contributed by atoms with E-state index in [4.69, 9.17) is 4.74 Å². The molecule has 1 aromatic carbocycles. The maximum Gasteiger partial charge on any atom is 0.246 e. The molecule has 0 bridgehead atoms. The molecular formula is C15H17N3O3S. The van der Waals surface area contributed by atoms with Crippen molar-refractivity contribution in [2.75, 3.05) is 6.61 Å². The fraction of sp³-hybridized carbons (Fsp3) is 0.267. The molecule has 0 radical (unpaired) electrons. The lowest BCUT2D eigenvalue weighted by molar-refractivity contribution is -0.120. The van der Waals surface area contributed by atoms with Crippen molar-refractivity contribution in [3.8, 4) is 11.5 Å². The summed E-state index contributed by atoms with van der Waals surface area (Å²) in [4.78, 5) is 15.9. The summed E-state index contributed by atoms with van der Waals surface area (Å²) in [6.07, 6.45) is 1.69. The number of carbonyl (C=O) groups excluding carboxylic acids is 1. The summed E-state index contributed by atoms with van der Waals surface area (Å²) < 4.78 is 5.28. The molecule has 1 heterocycles. The van der Waals surface area contributed by atoms with Gasteiger partial charge < -0.3 is 9.84 Å². The highest BCUT2D eigenvalue weighted by atomic mass is 32.1. The highest BCUT2D eigenvalue weighted by Crippen LogP contribution is 2.26. The van der Waals surface area contributed by atoms with E-state index in [1.807, 2.05) is 19.2 Å². The first kappa shape index (κ1) is 16.0. The monoisotopic (exact) mass is 319 g/mol. The van der Waals surface area contributed by atoms with Gasteiger partial charge in [-0.3, -0.25) is 4.79 Å². The highest BCUT2D eigenvalue weighted by molar-refractivity contribution is 7.09. The zero-order valence-electron chi connectivity index (χ0n) is 12.4. The SMILES string of the molecule is CCOc1cc(C=NNC(=O)Cc2csc(C)n2)ccc1O. The second-order valence-corrected chi connectivity index (χ2v) is 5.55. The molecule has 2 rings (SSSR count). The van der Waals surface area contributed by atoms with Crippen LogP contribution in [0.25, 0.3) is 0 Å². The van der Waals surface area contributed by atoms with Crippen LogP contribution in [0.3, 0.4) is 0 Å². The van der Waals surface area contributed by atoms with Gasteiger partial charge in [0.15, 0.2) is 11.5 Å². The summed E-state index contributed by atoms with van der Waals surface area (Å²) in [5, 5.41) is 16.3. The number of phenolic OH excluding ortho intramolecular Hbond substituents is 1. The predicted octanol–water partition coefficient (Wildman–Crippen LogP) is 2.25. The number of benzene rings is 1. The van der Waals surface area contributed by atoms with Crippen molar-refractivity contribution >= 4 is 23.5 Å². The minimum atomic E-state index is -0.231. The van der Waals surface area contributed by atoms with Gasteiger partial charge in [-0.1, -0.05) is 0 Å². The van der Waals surface area contributed by atoms with E-state index in [1.165, 1.54) is 23.6 Å². The topological polar surface area (TPSA) is 83.8 Å². The number of ether oxygens (including phenoxy) is 1. The van der Waals surface area contributed by atoms with Gasteiger partial charge in [-0.05, 0) is 37.6 Å². The number of amides is 1. The molecule has 0 atom stereocenters. The first-order valence-corrected chi connectivity index (χ1v) is 7.65. The van der Waals surface area contributed by atoms with E-state index in [0.717, 1.165) is 10.7 Å². The summed E-state index contributed by atoms with van der Waals surface area (Å²) in [7, 11) is 0. The van der Waals surface area contributed by atoms with Crippen molar-refractivity contribution < 1.29 is 14.6 Å². The van der Waals surface area contributed by atoms with Crippen molar-refractivity contribution in [2.45, 2.75) is 20.3 Å². The Hall–Kier alpha value is -2.41. The summed E-state index contributed by atoms with van der Waals surface area (Å²) in [6, 6.07) is 4.85. The van der Waals surface area contributed by atoms with Crippen LogP contribution in [-0.2, 0) is 11.2 Å². The van der Waals surface area contributed by atoms with Crippen molar-refractivity contribution in [2.24, 2.45) is 5.10 Å². The van der Waals surface area contributed by atoms with E-state index in [9.17, 15) is 9.90 Å². The molecule has 116 valence electrons. The Morgan fingerprint density at radius 3 is 3.05 bits per heavy atom. The van der Waals surface area contributed by atoms with Crippen LogP contribution in [0.2, 0.25) is 0 Å². The Morgan fingerprint density at radius 2 is 2.36 bits per heavy atom. The van der Waals surface area contributed by atoms with Gasteiger partial charge in [0, 0.05) is 5.38 Å². The number of nitrogens with zero attached hydrogens (tertiary/aromatic N) is 2. The third-order valence-corrected chi connectivity index (χ3v) is 3.52. The van der Waals surface area contributed by atoms with E-state index in [2.05, 4.69) is 15.5 Å². The van der Waals surface area contributed by atoms with Crippen molar-refractivity contribution in [1.29, 1.82) is 0 Å². The maximum atomic E-state index is 11.7. The van der Waals surface area contributed by atoms with Gasteiger partial charge in [-0.2, -0.15) is 5.10 Å². The minimum Gasteiger partial charge on any atom is -0.504 e. The third kappa shape index (κ3) is 4.56. The molecule has 1 amide bonds. The first-order valence-electron chi connectivity index (χ1n) is 6.77. The molecule has 0 fully saturated rings. The molecule has 0 spiro atoms. The average molecular weight is 319 g/mol. The molecule has 0 unspecified atom stereocenters. The van der Waals surface area contributed by atoms with Crippen LogP contribution in [0.1, 0.15) is 23.2 Å². The van der Waals surface area contributed by atoms with Gasteiger partial charge in [0.05, 0.1) is 29.9 Å². The third-order valence-electron chi connectivity index (χ3n) is 2.69. The number of carbonyl (C=O) groups is 1. The molecule has 2 N–H and O–H groups in total. The molecule has 0 saturated carbocycles. The summed E-state index contributed by atoms with van der Waals surface area (Å²) >= 11 is 1.51. The number of hydrogen-bond donors (Lipinski definition) is 2. The zero-order chi connectivity index (χ0) is 15.9. The summed E-state index contributed by atoms with van der Waals surface area (Å²) in [6.45, 7) is 4.18. The number of hydrogen-bond acceptors (Lipinski definition) is 6. The highest BCUT2D eigenvalue weighted by Gasteiger charge is 2.05. The van der Waals surface area contributed by atoms with Crippen LogP contribution in [0, 0.1) is 6.92 Å². The van der Waals surface area contributed by atoms with Crippen molar-refractivity contribution in [3.63, 3.8) is 0 Å². The Bertz CT molecular complexity index is 682. The normalized spacial score (nSPS) is 10.8. The molecule has 0 saturated heterocycles. The Labute approximate surface area is 132 Å². The van der Waals surface area contributed by atoms with Crippen LogP contribution in [0.15, 0.2) is 28.7 Å². The Morgan fingerprint density at radius 1 is 1.55 bits per heavy atom. The number of thiazole rings is 1. The second kappa shape index (κ2) is 7.56. The smallest absolute Gasteiger partial charge is 0.246 e. The van der Waals surface area contributed by atoms with Crippen LogP contribution in [0.4, 0.5) is 0 Å². The van der Waals surface area contributed by atoms with E-state index < -0.39 is 0 Å². The number of nitrogens with one attached hydrogen (secondary N) is 1. The van der Waals surface area contributed by atoms with Crippen LogP contribution in [-0.4, -0.2) is 28.8 Å². The molecule has 0 aliphatic carbocycles. The van der Waals surface area contributed by atoms with E-state index in [0.29, 0.717) is 17.9 Å². The van der Waals surface area contributed by atoms with E-state index in [1.54, 1.807) is 12.1 Å². The fourth-order valence-electron chi connectivity index (χ4n) is 1.75. The number of aryl methyl sites for hydroxylation is 1. The first-order chi connectivity index (χ1) is 10.6. The van der Waals surface area contributed by atoms with Crippen LogP contribution >= 0.6 is 11.3 Å². The minimum absolute atomic E-state index is 0.0712. The standard InChI is InChI=1S/C15H17N3O3S/c1-3-21-14-6-11(4-5-13(14)19)8-16-18-15(20)7-12-9-22-10(2)17-12/h4-6,8-9,19H,3,7H2,1-2H3,(H,18,20). The molecule has 6 nitrogen and oxygen atoms in total. The molecule has 0 aliphatic heterocycles. The van der Waals surface area contributed by atoms with Gasteiger partial charge in [-0.15, -0.1) is 11.3 Å². The lowest BCUT2D eigenvalue weighted by Crippen LogP contribution is -2.19. The van der Waals surface area contributed by atoms with Crippen LogP contribution < -0.4 is 10.2 Å². The van der Waals surface area contributed by atoms with Gasteiger partial charge in [-0.25, -0.2) is 10.4 Å². The Balaban J connectivity index is 1.91. The number of rotatable bonds is 6. The molecule has 2 aromatic rings. The Kier molecular flexibility index (Phi) is 5.48. The number of hydrazone groups is 1. The molecular weight excluding hydrogens is 302 g/mol. The maximum absolute atomic E-state index is 11.7. The number of aromatic hydroxyl groups is 1. The lowest BCUT2D eigenvalue weighted by atomic mass is 10.2. The predicted molar refractivity (Wildman–Crippen MR) is 85.6 cm³/mol. The average Bonchev–Trinajstić information content (AvgIpc) is 2.88. The van der Waals surface area contributed by atoms with Crippen molar-refractivity contribution in [1.82, 2.24) is 10.4 Å². The van der Waals surface area contributed by atoms with Gasteiger partial charge >= 0.3 is 0 Å². The molecule has 22 heavy (non-hydrogen) atoms. The zero-order valence-corrected chi connectivity index (χ0v) is 13.2. The summed E-state index contributed by atoms with van der Waals surface area (Å²) in [5.41, 5.74) is 3.90. The fourth-order valence-corrected chi connectivity index (χ4v) is 2.37. The van der Waals surface area contributed by atoms with E-state index >= 15 is 0 Å². The molecule has 7 heteroatoms. The molecule has 0 aliphatic rings.